The first kappa shape index (κ1) is 20.4. The van der Waals surface area contributed by atoms with Crippen molar-refractivity contribution in [2.24, 2.45) is 0 Å². The molecule has 2 aromatic carbocycles. The number of carbonyl (C=O) groups is 2. The first-order valence-corrected chi connectivity index (χ1v) is 11.1. The van der Waals surface area contributed by atoms with Crippen LogP contribution in [0.5, 0.6) is 0 Å². The second kappa shape index (κ2) is 8.55. The summed E-state index contributed by atoms with van der Waals surface area (Å²) < 4.78 is 0. The van der Waals surface area contributed by atoms with Gasteiger partial charge in [0.15, 0.2) is 5.54 Å². The fourth-order valence-electron chi connectivity index (χ4n) is 4.87. The van der Waals surface area contributed by atoms with E-state index in [1.54, 1.807) is 18.5 Å². The lowest BCUT2D eigenvalue weighted by Gasteiger charge is -2.34. The second-order valence-corrected chi connectivity index (χ2v) is 8.47. The maximum Gasteiger partial charge on any atom is 0.326 e. The zero-order chi connectivity index (χ0) is 22.0. The third-order valence-corrected chi connectivity index (χ3v) is 6.61. The zero-order valence-electron chi connectivity index (χ0n) is 17.9. The van der Waals surface area contributed by atoms with Gasteiger partial charge in [0.05, 0.1) is 6.67 Å². The molecule has 3 heterocycles. The monoisotopic (exact) mass is 426 g/mol. The highest BCUT2D eigenvalue weighted by Gasteiger charge is 2.54. The lowest BCUT2D eigenvalue weighted by Crippen LogP contribution is -2.47. The maximum atomic E-state index is 13.8. The van der Waals surface area contributed by atoms with Gasteiger partial charge in [-0.05, 0) is 36.0 Å². The van der Waals surface area contributed by atoms with Gasteiger partial charge in [0.2, 0.25) is 0 Å². The molecule has 2 aliphatic heterocycles. The summed E-state index contributed by atoms with van der Waals surface area (Å²) in [5.41, 5.74) is 1.50. The minimum atomic E-state index is -1.25. The molecule has 5 rings (SSSR count). The van der Waals surface area contributed by atoms with Crippen molar-refractivity contribution >= 4 is 11.9 Å². The third kappa shape index (κ3) is 3.56. The smallest absolute Gasteiger partial charge is 0.315 e. The van der Waals surface area contributed by atoms with Gasteiger partial charge >= 0.3 is 6.03 Å². The zero-order valence-corrected chi connectivity index (χ0v) is 17.9. The minimum absolute atomic E-state index is 0.258. The van der Waals surface area contributed by atoms with E-state index in [-0.39, 0.29) is 11.9 Å². The molecule has 32 heavy (non-hydrogen) atoms. The number of piperidine rings is 1. The lowest BCUT2D eigenvalue weighted by molar-refractivity contribution is -0.131. The Morgan fingerprint density at radius 2 is 1.53 bits per heavy atom. The number of carbonyl (C=O) groups excluding carboxylic acids is 2. The molecule has 6 nitrogen and oxygen atoms in total. The van der Waals surface area contributed by atoms with Crippen molar-refractivity contribution < 1.29 is 9.59 Å². The van der Waals surface area contributed by atoms with Crippen LogP contribution in [0.3, 0.4) is 0 Å². The Hall–Kier alpha value is -3.51. The van der Waals surface area contributed by atoms with Crippen molar-refractivity contribution in [3.8, 4) is 0 Å². The number of nitrogens with one attached hydrogen (secondary N) is 1. The van der Waals surface area contributed by atoms with Crippen molar-refractivity contribution in [2.45, 2.75) is 24.3 Å². The molecule has 2 aliphatic rings. The molecule has 3 amide bonds. The first-order chi connectivity index (χ1) is 15.7. The minimum Gasteiger partial charge on any atom is -0.315 e. The summed E-state index contributed by atoms with van der Waals surface area (Å²) in [7, 11) is 0. The molecule has 3 aromatic rings. The number of aromatic nitrogens is 1. The molecule has 0 spiro atoms. The van der Waals surface area contributed by atoms with Gasteiger partial charge in [-0.3, -0.25) is 14.7 Å². The Morgan fingerprint density at radius 3 is 2.19 bits per heavy atom. The third-order valence-electron chi connectivity index (χ3n) is 6.61. The van der Waals surface area contributed by atoms with E-state index in [4.69, 9.17) is 0 Å². The van der Waals surface area contributed by atoms with Crippen LogP contribution >= 0.6 is 0 Å². The summed E-state index contributed by atoms with van der Waals surface area (Å²) in [6.07, 6.45) is 5.35. The number of nitrogens with zero attached hydrogens (tertiary/aromatic N) is 3. The molecule has 2 fully saturated rings. The van der Waals surface area contributed by atoms with Crippen molar-refractivity contribution in [1.82, 2.24) is 20.1 Å². The van der Waals surface area contributed by atoms with E-state index in [9.17, 15) is 9.59 Å². The van der Waals surface area contributed by atoms with E-state index in [2.05, 4.69) is 39.5 Å². The van der Waals surface area contributed by atoms with Gasteiger partial charge in [-0.2, -0.15) is 0 Å². The molecular formula is C26H26N4O2. The van der Waals surface area contributed by atoms with Gasteiger partial charge in [0, 0.05) is 31.0 Å². The molecule has 6 heteroatoms. The Kier molecular flexibility index (Phi) is 5.45. The van der Waals surface area contributed by atoms with E-state index in [0.29, 0.717) is 18.2 Å². The van der Waals surface area contributed by atoms with Crippen molar-refractivity contribution in [3.05, 3.63) is 102 Å². The molecule has 162 valence electrons. The normalized spacial score (nSPS) is 22.2. The Labute approximate surface area is 187 Å². The maximum absolute atomic E-state index is 13.8. The van der Waals surface area contributed by atoms with Crippen LogP contribution in [-0.2, 0) is 10.3 Å². The highest BCUT2D eigenvalue weighted by molar-refractivity contribution is 6.09. The number of rotatable bonds is 5. The molecule has 1 N–H and O–H groups in total. The van der Waals surface area contributed by atoms with Gasteiger partial charge in [0.25, 0.3) is 5.91 Å². The predicted octanol–water partition coefficient (Wildman–Crippen LogP) is 3.71. The van der Waals surface area contributed by atoms with Crippen molar-refractivity contribution in [3.63, 3.8) is 0 Å². The summed E-state index contributed by atoms with van der Waals surface area (Å²) in [4.78, 5) is 34.6. The van der Waals surface area contributed by atoms with Crippen LogP contribution in [0.4, 0.5) is 4.79 Å². The van der Waals surface area contributed by atoms with Gasteiger partial charge in [-0.1, -0.05) is 66.7 Å². The van der Waals surface area contributed by atoms with Crippen LogP contribution in [-0.4, -0.2) is 46.5 Å². The van der Waals surface area contributed by atoms with E-state index in [1.807, 2.05) is 42.5 Å². The van der Waals surface area contributed by atoms with Crippen molar-refractivity contribution in [1.29, 1.82) is 0 Å². The van der Waals surface area contributed by atoms with Gasteiger partial charge < -0.3 is 5.32 Å². The van der Waals surface area contributed by atoms with Crippen LogP contribution in [0.1, 0.15) is 35.4 Å². The summed E-state index contributed by atoms with van der Waals surface area (Å²) in [5.74, 6) is 0.265. The number of hydrogen-bond acceptors (Lipinski definition) is 4. The largest absolute Gasteiger partial charge is 0.326 e. The molecule has 1 aromatic heterocycles. The van der Waals surface area contributed by atoms with Crippen LogP contribution in [0, 0.1) is 0 Å². The van der Waals surface area contributed by atoms with E-state index >= 15 is 0 Å². The Balaban J connectivity index is 1.36. The number of hydrogen-bond donors (Lipinski definition) is 1. The Morgan fingerprint density at radius 1 is 0.875 bits per heavy atom. The average molecular weight is 427 g/mol. The molecule has 2 saturated heterocycles. The van der Waals surface area contributed by atoms with E-state index < -0.39 is 5.54 Å². The lowest BCUT2D eigenvalue weighted by atomic mass is 9.83. The molecule has 0 radical (unpaired) electrons. The van der Waals surface area contributed by atoms with Gasteiger partial charge in [-0.25, -0.2) is 9.69 Å². The Bertz CT molecular complexity index is 1040. The summed E-state index contributed by atoms with van der Waals surface area (Å²) in [5, 5.41) is 2.99. The van der Waals surface area contributed by atoms with Crippen LogP contribution in [0.15, 0.2) is 85.2 Å². The molecular weight excluding hydrogens is 400 g/mol. The topological polar surface area (TPSA) is 65.5 Å². The number of likely N-dealkylation sites (tertiary alicyclic amines) is 1. The summed E-state index contributed by atoms with van der Waals surface area (Å²) in [6, 6.07) is 23.2. The number of pyridine rings is 1. The molecule has 1 atom stereocenters. The highest BCUT2D eigenvalue weighted by atomic mass is 16.2. The van der Waals surface area contributed by atoms with Gasteiger partial charge in [-0.15, -0.1) is 0 Å². The fraction of sp³-hybridized carbons (Fsp3) is 0.269. The average Bonchev–Trinajstić information content (AvgIpc) is 3.12. The fourth-order valence-corrected chi connectivity index (χ4v) is 4.87. The highest BCUT2D eigenvalue weighted by Crippen LogP contribution is 2.36. The SMILES string of the molecule is O=C1NC(c2ccccc2)(c2cccnc2)C(=O)N1CN1CCC(c2ccccc2)CC1. The van der Waals surface area contributed by atoms with Crippen LogP contribution in [0.2, 0.25) is 0 Å². The van der Waals surface area contributed by atoms with Gasteiger partial charge in [0.1, 0.15) is 0 Å². The predicted molar refractivity (Wildman–Crippen MR) is 122 cm³/mol. The molecule has 1 unspecified atom stereocenters. The standard InChI is InChI=1S/C26H26N4O2/c31-24-26(22-10-5-2-6-11-22,23-12-7-15-27-18-23)28-25(32)30(24)19-29-16-13-21(14-17-29)20-8-3-1-4-9-20/h1-12,15,18,21H,13-14,16-17,19H2,(H,28,32). The molecule has 0 bridgehead atoms. The van der Waals surface area contributed by atoms with Crippen LogP contribution in [0.25, 0.3) is 0 Å². The molecule has 0 saturated carbocycles. The number of benzene rings is 2. The van der Waals surface area contributed by atoms with E-state index in [1.165, 1.54) is 10.5 Å². The quantitative estimate of drug-likeness (QED) is 0.632. The van der Waals surface area contributed by atoms with Crippen LogP contribution < -0.4 is 5.32 Å². The van der Waals surface area contributed by atoms with E-state index in [0.717, 1.165) is 31.5 Å². The summed E-state index contributed by atoms with van der Waals surface area (Å²) >= 11 is 0. The first-order valence-electron chi connectivity index (χ1n) is 11.1. The number of urea groups is 1. The number of amides is 3. The second-order valence-electron chi connectivity index (χ2n) is 8.47. The summed E-state index contributed by atoms with van der Waals surface area (Å²) in [6.45, 7) is 1.99. The molecule has 0 aliphatic carbocycles. The van der Waals surface area contributed by atoms with Crippen molar-refractivity contribution in [2.75, 3.05) is 19.8 Å². The number of imide groups is 1.